The summed E-state index contributed by atoms with van der Waals surface area (Å²) in [6.45, 7) is 0.590. The van der Waals surface area contributed by atoms with Gasteiger partial charge in [0.25, 0.3) is 0 Å². The molecular weight excluding hydrogens is 408 g/mol. The summed E-state index contributed by atoms with van der Waals surface area (Å²) in [5, 5.41) is 13.0. The Bertz CT molecular complexity index is 1440. The largest absolute Gasteiger partial charge is 0.507 e. The second kappa shape index (κ2) is 7.49. The van der Waals surface area contributed by atoms with Crippen LogP contribution in [0.4, 0.5) is 0 Å². The van der Waals surface area contributed by atoms with Gasteiger partial charge in [0.15, 0.2) is 0 Å². The van der Waals surface area contributed by atoms with Gasteiger partial charge in [0, 0.05) is 22.5 Å². The zero-order chi connectivity index (χ0) is 21.5. The summed E-state index contributed by atoms with van der Waals surface area (Å²) >= 11 is 6.04. The molecule has 1 amide bonds. The number of amides is 1. The molecule has 0 radical (unpaired) electrons. The number of fused-ring (bicyclic) bond motifs is 3. The molecule has 5 rings (SSSR count). The van der Waals surface area contributed by atoms with Crippen LogP contribution in [0.25, 0.3) is 32.9 Å². The number of carbonyl (C=O) groups excluding carboxylic acids is 1. The van der Waals surface area contributed by atoms with Crippen molar-refractivity contribution in [3.05, 3.63) is 101 Å². The van der Waals surface area contributed by atoms with E-state index in [4.69, 9.17) is 17.3 Å². The lowest BCUT2D eigenvalue weighted by Gasteiger charge is -2.10. The Morgan fingerprint density at radius 1 is 0.839 bits per heavy atom. The summed E-state index contributed by atoms with van der Waals surface area (Å²) in [7, 11) is 0. The monoisotopic (exact) mass is 426 g/mol. The number of aromatic hydroxyl groups is 1. The van der Waals surface area contributed by atoms with Crippen molar-refractivity contribution in [1.82, 2.24) is 4.57 Å². The number of nitrogens with zero attached hydrogens (tertiary/aromatic N) is 1. The maximum Gasteiger partial charge on any atom is 0.249 e. The summed E-state index contributed by atoms with van der Waals surface area (Å²) in [4.78, 5) is 12.2. The van der Waals surface area contributed by atoms with E-state index in [1.54, 1.807) is 12.1 Å². The predicted octanol–water partition coefficient (Wildman–Crippen LogP) is 5.97. The molecule has 0 fully saturated rings. The van der Waals surface area contributed by atoms with Crippen molar-refractivity contribution in [2.24, 2.45) is 5.73 Å². The highest BCUT2D eigenvalue weighted by Crippen LogP contribution is 2.40. The van der Waals surface area contributed by atoms with Gasteiger partial charge in [-0.2, -0.15) is 0 Å². The highest BCUT2D eigenvalue weighted by Gasteiger charge is 2.20. The molecule has 0 aliphatic heterocycles. The molecule has 4 aromatic carbocycles. The number of primary amides is 1. The minimum absolute atomic E-state index is 0.105. The average molecular weight is 427 g/mol. The van der Waals surface area contributed by atoms with E-state index in [0.717, 1.165) is 27.7 Å². The van der Waals surface area contributed by atoms with Crippen LogP contribution in [0.2, 0.25) is 5.02 Å². The van der Waals surface area contributed by atoms with E-state index < -0.39 is 5.91 Å². The summed E-state index contributed by atoms with van der Waals surface area (Å²) in [5.41, 5.74) is 10.7. The molecule has 5 heteroatoms. The lowest BCUT2D eigenvalue weighted by atomic mass is 10.0. The van der Waals surface area contributed by atoms with Crippen molar-refractivity contribution >= 4 is 39.3 Å². The van der Waals surface area contributed by atoms with Crippen LogP contribution in [0.5, 0.6) is 5.75 Å². The fourth-order valence-corrected chi connectivity index (χ4v) is 4.32. The van der Waals surface area contributed by atoms with E-state index in [2.05, 4.69) is 16.7 Å². The molecule has 0 bridgehead atoms. The number of benzene rings is 4. The van der Waals surface area contributed by atoms with Crippen molar-refractivity contribution in [1.29, 1.82) is 0 Å². The van der Waals surface area contributed by atoms with Gasteiger partial charge in [0.05, 0.1) is 16.4 Å². The number of nitrogens with two attached hydrogens (primary N) is 1. The maximum absolute atomic E-state index is 12.2. The Labute approximate surface area is 184 Å². The van der Waals surface area contributed by atoms with Crippen LogP contribution < -0.4 is 5.73 Å². The Morgan fingerprint density at radius 2 is 1.58 bits per heavy atom. The fraction of sp³-hybridized carbons (Fsp3) is 0.0385. The maximum atomic E-state index is 12.2. The molecule has 152 valence electrons. The molecule has 0 aliphatic carbocycles. The molecule has 0 saturated carbocycles. The summed E-state index contributed by atoms with van der Waals surface area (Å²) in [6, 6.07) is 26.8. The predicted molar refractivity (Wildman–Crippen MR) is 126 cm³/mol. The van der Waals surface area contributed by atoms with Gasteiger partial charge in [-0.05, 0) is 53.1 Å². The number of phenolic OH excluding ortho intramolecular Hbond substituents is 1. The number of carbonyl (C=O) groups is 1. The molecule has 0 spiro atoms. The smallest absolute Gasteiger partial charge is 0.249 e. The molecule has 1 aromatic heterocycles. The van der Waals surface area contributed by atoms with Gasteiger partial charge in [-0.15, -0.1) is 0 Å². The fourth-order valence-electron chi connectivity index (χ4n) is 4.19. The van der Waals surface area contributed by atoms with Crippen molar-refractivity contribution in [3.8, 4) is 16.9 Å². The third-order valence-corrected chi connectivity index (χ3v) is 5.85. The molecule has 0 unspecified atom stereocenters. The lowest BCUT2D eigenvalue weighted by Crippen LogP contribution is -2.11. The van der Waals surface area contributed by atoms with Crippen molar-refractivity contribution in [2.45, 2.75) is 6.54 Å². The van der Waals surface area contributed by atoms with Gasteiger partial charge in [0.2, 0.25) is 5.91 Å². The van der Waals surface area contributed by atoms with Crippen LogP contribution in [-0.2, 0) is 6.54 Å². The van der Waals surface area contributed by atoms with E-state index in [1.165, 1.54) is 0 Å². The van der Waals surface area contributed by atoms with Crippen LogP contribution >= 0.6 is 11.6 Å². The molecule has 1 heterocycles. The Hall–Kier alpha value is -3.76. The number of aromatic nitrogens is 1. The van der Waals surface area contributed by atoms with Crippen LogP contribution in [0.1, 0.15) is 15.9 Å². The van der Waals surface area contributed by atoms with Crippen LogP contribution in [0, 0.1) is 0 Å². The molecular formula is C26H19ClN2O2. The number of hydrogen-bond donors (Lipinski definition) is 2. The molecule has 0 atom stereocenters. The molecule has 0 aliphatic rings. The number of halogens is 1. The quantitative estimate of drug-likeness (QED) is 0.372. The number of hydrogen-bond acceptors (Lipinski definition) is 2. The topological polar surface area (TPSA) is 68.2 Å². The van der Waals surface area contributed by atoms with Gasteiger partial charge in [-0.25, -0.2) is 0 Å². The third kappa shape index (κ3) is 3.31. The van der Waals surface area contributed by atoms with Gasteiger partial charge >= 0.3 is 0 Å². The zero-order valence-corrected chi connectivity index (χ0v) is 17.3. The minimum atomic E-state index is -0.523. The molecule has 5 aromatic rings. The minimum Gasteiger partial charge on any atom is -0.507 e. The SMILES string of the molecule is NC(=O)c1cccc2c1c1c(O)cc(-c3ccc(Cl)cc3)cc1n2Cc1ccccc1. The van der Waals surface area contributed by atoms with Gasteiger partial charge in [0.1, 0.15) is 5.75 Å². The second-order valence-electron chi connectivity index (χ2n) is 7.53. The van der Waals surface area contributed by atoms with E-state index in [-0.39, 0.29) is 5.75 Å². The summed E-state index contributed by atoms with van der Waals surface area (Å²) in [5.74, 6) is -0.418. The van der Waals surface area contributed by atoms with Gasteiger partial charge in [-0.1, -0.05) is 60.1 Å². The molecule has 3 N–H and O–H groups in total. The molecule has 31 heavy (non-hydrogen) atoms. The highest BCUT2D eigenvalue weighted by molar-refractivity contribution is 6.30. The first kappa shape index (κ1) is 19.2. The first-order valence-corrected chi connectivity index (χ1v) is 10.3. The van der Waals surface area contributed by atoms with E-state index in [1.807, 2.05) is 60.7 Å². The third-order valence-electron chi connectivity index (χ3n) is 5.60. The summed E-state index contributed by atoms with van der Waals surface area (Å²) < 4.78 is 2.12. The van der Waals surface area contributed by atoms with Crippen LogP contribution in [-0.4, -0.2) is 15.6 Å². The Balaban J connectivity index is 1.85. The van der Waals surface area contributed by atoms with Gasteiger partial charge < -0.3 is 15.4 Å². The average Bonchev–Trinajstić information content (AvgIpc) is 3.09. The summed E-state index contributed by atoms with van der Waals surface area (Å²) in [6.07, 6.45) is 0. The highest BCUT2D eigenvalue weighted by atomic mass is 35.5. The van der Waals surface area contributed by atoms with Crippen molar-refractivity contribution in [2.75, 3.05) is 0 Å². The van der Waals surface area contributed by atoms with E-state index >= 15 is 0 Å². The van der Waals surface area contributed by atoms with E-state index in [9.17, 15) is 9.90 Å². The normalized spacial score (nSPS) is 11.3. The van der Waals surface area contributed by atoms with Crippen molar-refractivity contribution in [3.63, 3.8) is 0 Å². The Kier molecular flexibility index (Phi) is 4.64. The standard InChI is InChI=1S/C26H19ClN2O2/c27-19-11-9-17(10-12-19)18-13-22-25(23(30)14-18)24-20(26(28)31)7-4-8-21(24)29(22)15-16-5-2-1-3-6-16/h1-14,30H,15H2,(H2,28,31). The number of phenols is 1. The Morgan fingerprint density at radius 3 is 2.29 bits per heavy atom. The van der Waals surface area contributed by atoms with Crippen LogP contribution in [0.3, 0.4) is 0 Å². The first-order chi connectivity index (χ1) is 15.0. The zero-order valence-electron chi connectivity index (χ0n) is 16.5. The lowest BCUT2D eigenvalue weighted by molar-refractivity contribution is 0.100. The second-order valence-corrected chi connectivity index (χ2v) is 7.97. The molecule has 0 saturated heterocycles. The van der Waals surface area contributed by atoms with Gasteiger partial charge in [-0.3, -0.25) is 4.79 Å². The van der Waals surface area contributed by atoms with Crippen LogP contribution in [0.15, 0.2) is 84.9 Å². The first-order valence-electron chi connectivity index (χ1n) is 9.90. The van der Waals surface area contributed by atoms with E-state index in [0.29, 0.717) is 27.9 Å². The van der Waals surface area contributed by atoms with Crippen molar-refractivity contribution < 1.29 is 9.90 Å². The number of rotatable bonds is 4. The molecule has 4 nitrogen and oxygen atoms in total.